The molecule has 0 fully saturated rings. The molecule has 1 heterocycles. The van der Waals surface area contributed by atoms with E-state index >= 15 is 0 Å². The fourth-order valence-electron chi connectivity index (χ4n) is 2.39. The molecule has 0 saturated heterocycles. The van der Waals surface area contributed by atoms with Gasteiger partial charge >= 0.3 is 0 Å². The van der Waals surface area contributed by atoms with Crippen molar-refractivity contribution in [1.82, 2.24) is 4.98 Å². The topological polar surface area (TPSA) is 51.2 Å². The molecule has 0 atom stereocenters. The molecule has 1 N–H and O–H groups in total. The summed E-state index contributed by atoms with van der Waals surface area (Å²) in [6.45, 7) is 3.61. The molecule has 4 nitrogen and oxygen atoms in total. The number of aryl methyl sites for hydroxylation is 1. The van der Waals surface area contributed by atoms with E-state index in [4.69, 9.17) is 4.74 Å². The summed E-state index contributed by atoms with van der Waals surface area (Å²) < 4.78 is 5.43. The Bertz CT molecular complexity index is 869. The highest BCUT2D eigenvalue weighted by atomic mass is 32.1. The molecule has 24 heavy (non-hydrogen) atoms. The van der Waals surface area contributed by atoms with Crippen LogP contribution in [0.15, 0.2) is 47.8 Å². The minimum Gasteiger partial charge on any atom is -0.496 e. The number of aromatic nitrogens is 1. The number of ketones is 1. The Kier molecular flexibility index (Phi) is 4.62. The van der Waals surface area contributed by atoms with Crippen molar-refractivity contribution in [3.05, 3.63) is 59.0 Å². The van der Waals surface area contributed by atoms with Crippen LogP contribution in [-0.2, 0) is 0 Å². The molecular weight excluding hydrogens is 320 g/mol. The maximum absolute atomic E-state index is 11.3. The molecule has 0 radical (unpaired) electrons. The van der Waals surface area contributed by atoms with E-state index in [1.54, 1.807) is 14.0 Å². The van der Waals surface area contributed by atoms with E-state index in [0.717, 1.165) is 33.4 Å². The van der Waals surface area contributed by atoms with Gasteiger partial charge < -0.3 is 10.1 Å². The average Bonchev–Trinajstić information content (AvgIpc) is 3.03. The van der Waals surface area contributed by atoms with E-state index in [1.807, 2.05) is 48.7 Å². The van der Waals surface area contributed by atoms with Crippen molar-refractivity contribution in [2.75, 3.05) is 12.4 Å². The second-order valence-corrected chi connectivity index (χ2v) is 6.36. The van der Waals surface area contributed by atoms with Crippen molar-refractivity contribution < 1.29 is 9.53 Å². The number of carbonyl (C=O) groups excluding carboxylic acids is 1. The Morgan fingerprint density at radius 1 is 1.17 bits per heavy atom. The zero-order valence-electron chi connectivity index (χ0n) is 13.8. The highest BCUT2D eigenvalue weighted by Crippen LogP contribution is 2.33. The van der Waals surface area contributed by atoms with Crippen LogP contribution in [-0.4, -0.2) is 17.9 Å². The summed E-state index contributed by atoms with van der Waals surface area (Å²) in [6.07, 6.45) is 0. The number of carbonyl (C=O) groups is 1. The fourth-order valence-corrected chi connectivity index (χ4v) is 3.12. The smallest absolute Gasteiger partial charge is 0.187 e. The van der Waals surface area contributed by atoms with Crippen LogP contribution in [0.25, 0.3) is 11.3 Å². The quantitative estimate of drug-likeness (QED) is 0.660. The van der Waals surface area contributed by atoms with E-state index in [2.05, 4.69) is 16.4 Å². The second-order valence-electron chi connectivity index (χ2n) is 5.50. The van der Waals surface area contributed by atoms with Gasteiger partial charge in [0.2, 0.25) is 0 Å². The lowest BCUT2D eigenvalue weighted by atomic mass is 10.1. The van der Waals surface area contributed by atoms with E-state index in [1.165, 1.54) is 11.3 Å². The van der Waals surface area contributed by atoms with Gasteiger partial charge in [-0.15, -0.1) is 11.3 Å². The molecule has 3 rings (SSSR count). The molecule has 0 spiro atoms. The Hall–Kier alpha value is -2.66. The predicted octanol–water partition coefficient (Wildman–Crippen LogP) is 5.07. The maximum atomic E-state index is 11.3. The van der Waals surface area contributed by atoms with Crippen molar-refractivity contribution >= 4 is 27.9 Å². The number of anilines is 2. The van der Waals surface area contributed by atoms with Crippen LogP contribution in [0.4, 0.5) is 10.8 Å². The molecule has 0 bridgehead atoms. The first-order valence-corrected chi connectivity index (χ1v) is 8.43. The molecule has 0 saturated carbocycles. The highest BCUT2D eigenvalue weighted by Gasteiger charge is 2.10. The summed E-state index contributed by atoms with van der Waals surface area (Å²) >= 11 is 1.53. The van der Waals surface area contributed by atoms with Crippen molar-refractivity contribution in [2.45, 2.75) is 13.8 Å². The van der Waals surface area contributed by atoms with Gasteiger partial charge in [-0.1, -0.05) is 11.6 Å². The SMILES string of the molecule is COc1ccc(C)cc1-c1csc(Nc2ccc(C(C)=O)cc2)n1. The van der Waals surface area contributed by atoms with Crippen molar-refractivity contribution in [3.8, 4) is 17.0 Å². The van der Waals surface area contributed by atoms with Crippen molar-refractivity contribution in [1.29, 1.82) is 0 Å². The minimum atomic E-state index is 0.0598. The molecule has 5 heteroatoms. The molecule has 0 aliphatic carbocycles. The van der Waals surface area contributed by atoms with Gasteiger partial charge in [-0.3, -0.25) is 4.79 Å². The fraction of sp³-hybridized carbons (Fsp3) is 0.158. The molecule has 2 aromatic carbocycles. The lowest BCUT2D eigenvalue weighted by Gasteiger charge is -2.07. The maximum Gasteiger partial charge on any atom is 0.187 e. The van der Waals surface area contributed by atoms with Gasteiger partial charge in [0, 0.05) is 22.2 Å². The lowest BCUT2D eigenvalue weighted by Crippen LogP contribution is -1.94. The number of hydrogen-bond donors (Lipinski definition) is 1. The minimum absolute atomic E-state index is 0.0598. The van der Waals surface area contributed by atoms with Crippen LogP contribution in [0, 0.1) is 6.92 Å². The predicted molar refractivity (Wildman–Crippen MR) is 98.6 cm³/mol. The van der Waals surface area contributed by atoms with Gasteiger partial charge in [0.15, 0.2) is 10.9 Å². The first kappa shape index (κ1) is 16.2. The number of nitrogens with zero attached hydrogens (tertiary/aromatic N) is 1. The van der Waals surface area contributed by atoms with Gasteiger partial charge in [-0.25, -0.2) is 4.98 Å². The number of ether oxygens (including phenoxy) is 1. The zero-order chi connectivity index (χ0) is 17.1. The zero-order valence-corrected chi connectivity index (χ0v) is 14.6. The van der Waals surface area contributed by atoms with Gasteiger partial charge in [-0.05, 0) is 50.2 Å². The number of thiazole rings is 1. The normalized spacial score (nSPS) is 10.5. The summed E-state index contributed by atoms with van der Waals surface area (Å²) in [4.78, 5) is 16.0. The molecule has 0 unspecified atom stereocenters. The molecule has 3 aromatic rings. The van der Waals surface area contributed by atoms with Crippen molar-refractivity contribution in [2.24, 2.45) is 0 Å². The largest absolute Gasteiger partial charge is 0.496 e. The van der Waals surface area contributed by atoms with Gasteiger partial charge in [0.05, 0.1) is 12.8 Å². The third kappa shape index (κ3) is 3.46. The van der Waals surface area contributed by atoms with E-state index in [-0.39, 0.29) is 5.78 Å². The molecule has 0 aliphatic rings. The lowest BCUT2D eigenvalue weighted by molar-refractivity contribution is 0.101. The molecule has 122 valence electrons. The standard InChI is InChI=1S/C19H18N2O2S/c1-12-4-9-18(23-3)16(10-12)17-11-24-19(21-17)20-15-7-5-14(6-8-15)13(2)22/h4-11H,1-3H3,(H,20,21). The Labute approximate surface area is 145 Å². The number of Topliss-reactive ketones (excluding diaryl/α,β-unsaturated/α-hetero) is 1. The Morgan fingerprint density at radius 2 is 1.92 bits per heavy atom. The van der Waals surface area contributed by atoms with Crippen LogP contribution in [0.2, 0.25) is 0 Å². The van der Waals surface area contributed by atoms with Crippen LogP contribution in [0.3, 0.4) is 0 Å². The molecule has 0 aliphatic heterocycles. The summed E-state index contributed by atoms with van der Waals surface area (Å²) in [5.74, 6) is 0.868. The Balaban J connectivity index is 1.83. The van der Waals surface area contributed by atoms with Gasteiger partial charge in [-0.2, -0.15) is 0 Å². The third-order valence-corrected chi connectivity index (χ3v) is 4.44. The second kappa shape index (κ2) is 6.84. The number of hydrogen-bond acceptors (Lipinski definition) is 5. The molecule has 0 amide bonds. The van der Waals surface area contributed by atoms with Gasteiger partial charge in [0.1, 0.15) is 5.75 Å². The summed E-state index contributed by atoms with van der Waals surface area (Å²) in [5, 5.41) is 6.07. The van der Waals surface area contributed by atoms with Gasteiger partial charge in [0.25, 0.3) is 0 Å². The summed E-state index contributed by atoms with van der Waals surface area (Å²) in [6, 6.07) is 13.4. The van der Waals surface area contributed by atoms with Crippen LogP contribution >= 0.6 is 11.3 Å². The number of methoxy groups -OCH3 is 1. The monoisotopic (exact) mass is 338 g/mol. The average molecular weight is 338 g/mol. The van der Waals surface area contributed by atoms with E-state index in [0.29, 0.717) is 5.56 Å². The number of nitrogens with one attached hydrogen (secondary N) is 1. The van der Waals surface area contributed by atoms with Crippen LogP contribution < -0.4 is 10.1 Å². The number of rotatable bonds is 5. The van der Waals surface area contributed by atoms with Crippen LogP contribution in [0.5, 0.6) is 5.75 Å². The third-order valence-electron chi connectivity index (χ3n) is 3.68. The first-order chi connectivity index (χ1) is 11.6. The van der Waals surface area contributed by atoms with Crippen LogP contribution in [0.1, 0.15) is 22.8 Å². The summed E-state index contributed by atoms with van der Waals surface area (Å²) in [7, 11) is 1.66. The Morgan fingerprint density at radius 3 is 2.58 bits per heavy atom. The first-order valence-electron chi connectivity index (χ1n) is 7.55. The summed E-state index contributed by atoms with van der Waals surface area (Å²) in [5.41, 5.74) is 4.62. The molecule has 1 aromatic heterocycles. The van der Waals surface area contributed by atoms with Crippen molar-refractivity contribution in [3.63, 3.8) is 0 Å². The van der Waals surface area contributed by atoms with E-state index < -0.39 is 0 Å². The highest BCUT2D eigenvalue weighted by molar-refractivity contribution is 7.14. The van der Waals surface area contributed by atoms with E-state index in [9.17, 15) is 4.79 Å². The number of benzene rings is 2. The molecular formula is C19H18N2O2S.